The highest BCUT2D eigenvalue weighted by atomic mass is 32.2. The number of primary sulfonamides is 1. The quantitative estimate of drug-likeness (QED) is 0.896. The normalized spacial score (nSPS) is 11.4. The van der Waals surface area contributed by atoms with Gasteiger partial charge in [0.1, 0.15) is 16.4 Å². The number of anilines is 1. The van der Waals surface area contributed by atoms with Crippen molar-refractivity contribution < 1.29 is 17.6 Å². The maximum absolute atomic E-state index is 13.3. The van der Waals surface area contributed by atoms with E-state index < -0.39 is 21.7 Å². The molecule has 0 spiro atoms. The second kappa shape index (κ2) is 5.30. The SMILES string of the molecule is Cc1ccc(C(=O)Nc2cc(F)ccc2S(N)(=O)=O)n1C. The van der Waals surface area contributed by atoms with E-state index in [9.17, 15) is 17.6 Å². The van der Waals surface area contributed by atoms with Gasteiger partial charge in [0.2, 0.25) is 10.0 Å². The van der Waals surface area contributed by atoms with Crippen molar-refractivity contribution in [1.82, 2.24) is 4.57 Å². The molecule has 1 aromatic carbocycles. The first-order valence-electron chi connectivity index (χ1n) is 5.96. The first-order valence-corrected chi connectivity index (χ1v) is 7.51. The van der Waals surface area contributed by atoms with E-state index >= 15 is 0 Å². The minimum Gasteiger partial charge on any atom is -0.344 e. The summed E-state index contributed by atoms with van der Waals surface area (Å²) in [5.41, 5.74) is 0.976. The molecule has 8 heteroatoms. The summed E-state index contributed by atoms with van der Waals surface area (Å²) in [5.74, 6) is -1.23. The zero-order chi connectivity index (χ0) is 15.8. The Morgan fingerprint density at radius 2 is 1.95 bits per heavy atom. The number of nitrogens with zero attached hydrogens (tertiary/aromatic N) is 1. The third-order valence-corrected chi connectivity index (χ3v) is 4.07. The number of hydrogen-bond donors (Lipinski definition) is 2. The molecule has 0 unspecified atom stereocenters. The molecule has 0 atom stereocenters. The molecule has 1 aromatic heterocycles. The maximum atomic E-state index is 13.3. The van der Waals surface area contributed by atoms with Crippen molar-refractivity contribution in [3.05, 3.63) is 47.5 Å². The summed E-state index contributed by atoms with van der Waals surface area (Å²) in [6, 6.07) is 6.20. The number of nitrogens with two attached hydrogens (primary N) is 1. The van der Waals surface area contributed by atoms with Gasteiger partial charge >= 0.3 is 0 Å². The van der Waals surface area contributed by atoms with Gasteiger partial charge in [-0.05, 0) is 37.3 Å². The van der Waals surface area contributed by atoms with Crippen LogP contribution in [-0.2, 0) is 17.1 Å². The first kappa shape index (κ1) is 15.2. The third-order valence-electron chi connectivity index (χ3n) is 3.10. The summed E-state index contributed by atoms with van der Waals surface area (Å²) in [7, 11) is -2.38. The second-order valence-corrected chi connectivity index (χ2v) is 6.09. The van der Waals surface area contributed by atoms with Crippen LogP contribution in [0.5, 0.6) is 0 Å². The number of hydrogen-bond acceptors (Lipinski definition) is 3. The van der Waals surface area contributed by atoms with Gasteiger partial charge in [-0.25, -0.2) is 17.9 Å². The predicted molar refractivity (Wildman–Crippen MR) is 75.9 cm³/mol. The van der Waals surface area contributed by atoms with Crippen LogP contribution in [0.25, 0.3) is 0 Å². The minimum absolute atomic E-state index is 0.193. The largest absolute Gasteiger partial charge is 0.344 e. The van der Waals surface area contributed by atoms with Crippen molar-refractivity contribution in [2.45, 2.75) is 11.8 Å². The number of carbonyl (C=O) groups is 1. The number of rotatable bonds is 3. The number of sulfonamides is 1. The lowest BCUT2D eigenvalue weighted by Gasteiger charge is -2.10. The molecule has 0 radical (unpaired) electrons. The zero-order valence-corrected chi connectivity index (χ0v) is 12.2. The van der Waals surface area contributed by atoms with Crippen LogP contribution in [-0.4, -0.2) is 18.9 Å². The fourth-order valence-corrected chi connectivity index (χ4v) is 2.55. The summed E-state index contributed by atoms with van der Waals surface area (Å²) >= 11 is 0. The molecule has 1 amide bonds. The number of halogens is 1. The number of nitrogens with one attached hydrogen (secondary N) is 1. The third kappa shape index (κ3) is 3.11. The molecular weight excluding hydrogens is 297 g/mol. The van der Waals surface area contributed by atoms with Gasteiger partial charge in [0, 0.05) is 12.7 Å². The van der Waals surface area contributed by atoms with Gasteiger partial charge < -0.3 is 9.88 Å². The van der Waals surface area contributed by atoms with E-state index in [1.165, 1.54) is 0 Å². The number of benzene rings is 1. The van der Waals surface area contributed by atoms with Crippen molar-refractivity contribution in [2.24, 2.45) is 12.2 Å². The highest BCUT2D eigenvalue weighted by Crippen LogP contribution is 2.22. The molecule has 0 aliphatic rings. The summed E-state index contributed by atoms with van der Waals surface area (Å²) in [4.78, 5) is 11.8. The molecule has 0 fully saturated rings. The molecule has 112 valence electrons. The Morgan fingerprint density at radius 3 is 2.48 bits per heavy atom. The van der Waals surface area contributed by atoms with Crippen molar-refractivity contribution >= 4 is 21.6 Å². The molecule has 0 saturated heterocycles. The van der Waals surface area contributed by atoms with Crippen molar-refractivity contribution in [2.75, 3.05) is 5.32 Å². The van der Waals surface area contributed by atoms with E-state index in [4.69, 9.17) is 5.14 Å². The van der Waals surface area contributed by atoms with Gasteiger partial charge in [0.05, 0.1) is 5.69 Å². The number of aromatic nitrogens is 1. The van der Waals surface area contributed by atoms with E-state index in [1.807, 2.05) is 6.92 Å². The van der Waals surface area contributed by atoms with Crippen LogP contribution >= 0.6 is 0 Å². The highest BCUT2D eigenvalue weighted by Gasteiger charge is 2.18. The Hall–Kier alpha value is -2.19. The Morgan fingerprint density at radius 1 is 1.29 bits per heavy atom. The lowest BCUT2D eigenvalue weighted by atomic mass is 10.3. The molecule has 3 N–H and O–H groups in total. The fraction of sp³-hybridized carbons (Fsp3) is 0.154. The molecule has 1 heterocycles. The smallest absolute Gasteiger partial charge is 0.272 e. The Kier molecular flexibility index (Phi) is 3.84. The van der Waals surface area contributed by atoms with E-state index in [0.29, 0.717) is 5.69 Å². The van der Waals surface area contributed by atoms with E-state index in [-0.39, 0.29) is 10.6 Å². The molecule has 6 nitrogen and oxygen atoms in total. The predicted octanol–water partition coefficient (Wildman–Crippen LogP) is 1.37. The van der Waals surface area contributed by atoms with Crippen LogP contribution in [0.4, 0.5) is 10.1 Å². The van der Waals surface area contributed by atoms with Crippen LogP contribution in [0, 0.1) is 12.7 Å². The maximum Gasteiger partial charge on any atom is 0.272 e. The van der Waals surface area contributed by atoms with Crippen LogP contribution in [0.3, 0.4) is 0 Å². The standard InChI is InChI=1S/C13H14FN3O3S/c1-8-3-5-11(17(8)2)13(18)16-10-7-9(14)4-6-12(10)21(15,19)20/h3-7H,1-2H3,(H,16,18)(H2,15,19,20). The van der Waals surface area contributed by atoms with Crippen LogP contribution in [0.1, 0.15) is 16.2 Å². The topological polar surface area (TPSA) is 94.2 Å². The van der Waals surface area contributed by atoms with Crippen molar-refractivity contribution in [3.63, 3.8) is 0 Å². The molecule has 21 heavy (non-hydrogen) atoms. The summed E-state index contributed by atoms with van der Waals surface area (Å²) in [5, 5.41) is 7.42. The molecule has 0 bridgehead atoms. The van der Waals surface area contributed by atoms with E-state index in [0.717, 1.165) is 23.9 Å². The Bertz CT molecular complexity index is 812. The number of amides is 1. The van der Waals surface area contributed by atoms with Crippen LogP contribution < -0.4 is 10.5 Å². The van der Waals surface area contributed by atoms with Gasteiger partial charge in [-0.1, -0.05) is 0 Å². The minimum atomic E-state index is -4.07. The van der Waals surface area contributed by atoms with Gasteiger partial charge in [-0.3, -0.25) is 4.79 Å². The van der Waals surface area contributed by atoms with Gasteiger partial charge in [-0.2, -0.15) is 0 Å². The van der Waals surface area contributed by atoms with Gasteiger partial charge in [0.25, 0.3) is 5.91 Å². The van der Waals surface area contributed by atoms with Crippen molar-refractivity contribution in [3.8, 4) is 0 Å². The number of aryl methyl sites for hydroxylation is 1. The average Bonchev–Trinajstić information content (AvgIpc) is 2.68. The summed E-state index contributed by atoms with van der Waals surface area (Å²) in [6.45, 7) is 1.81. The molecule has 0 aliphatic carbocycles. The Balaban J connectivity index is 2.42. The molecular formula is C13H14FN3O3S. The molecule has 2 rings (SSSR count). The molecule has 0 aliphatic heterocycles. The van der Waals surface area contributed by atoms with Crippen LogP contribution in [0.2, 0.25) is 0 Å². The van der Waals surface area contributed by atoms with Crippen molar-refractivity contribution in [1.29, 1.82) is 0 Å². The fourth-order valence-electron chi connectivity index (χ4n) is 1.88. The lowest BCUT2D eigenvalue weighted by Crippen LogP contribution is -2.20. The lowest BCUT2D eigenvalue weighted by molar-refractivity contribution is 0.101. The van der Waals surface area contributed by atoms with E-state index in [1.54, 1.807) is 23.7 Å². The van der Waals surface area contributed by atoms with Gasteiger partial charge in [0.15, 0.2) is 0 Å². The molecule has 0 saturated carbocycles. The van der Waals surface area contributed by atoms with E-state index in [2.05, 4.69) is 5.32 Å². The molecule has 2 aromatic rings. The zero-order valence-electron chi connectivity index (χ0n) is 11.4. The van der Waals surface area contributed by atoms with Gasteiger partial charge in [-0.15, -0.1) is 0 Å². The highest BCUT2D eigenvalue weighted by molar-refractivity contribution is 7.89. The summed E-state index contributed by atoms with van der Waals surface area (Å²) in [6.07, 6.45) is 0. The van der Waals surface area contributed by atoms with Crippen LogP contribution in [0.15, 0.2) is 35.2 Å². The monoisotopic (exact) mass is 311 g/mol. The first-order chi connectivity index (χ1) is 9.70. The summed E-state index contributed by atoms with van der Waals surface area (Å²) < 4.78 is 37.8. The second-order valence-electron chi connectivity index (χ2n) is 4.56. The average molecular weight is 311 g/mol. The number of carbonyl (C=O) groups excluding carboxylic acids is 1. The Labute approximate surface area is 121 Å².